The number of hydrogen-bond donors (Lipinski definition) is 2. The van der Waals surface area contributed by atoms with Gasteiger partial charge in [-0.05, 0) is 53.4 Å². The molecule has 0 spiro atoms. The van der Waals surface area contributed by atoms with E-state index in [2.05, 4.69) is 26.0 Å². The van der Waals surface area contributed by atoms with Crippen LogP contribution in [0.4, 0.5) is 0 Å². The zero-order chi connectivity index (χ0) is 22.2. The highest BCUT2D eigenvalue weighted by molar-refractivity contribution is 5.97. The van der Waals surface area contributed by atoms with Gasteiger partial charge in [-0.25, -0.2) is 0 Å². The van der Waals surface area contributed by atoms with Crippen LogP contribution in [0.5, 0.6) is 0 Å². The number of carbonyl (C=O) groups is 1. The summed E-state index contributed by atoms with van der Waals surface area (Å²) in [6.07, 6.45) is 10.6. The molecule has 0 bridgehead atoms. The summed E-state index contributed by atoms with van der Waals surface area (Å²) in [5.74, 6) is -0.320. The standard InChI is InChI=1S/C24H38O5/c1-16(12-9-15-24(4,5)27)10-8-11-17(2)13-14-19-18(3)20(25)22(28-6)23(29-7)21(19)26/h9-10,13,15,18-19,21,26-27H,8,11-12,14H2,1-7H3/t18-,19-,21-/m1/s1. The molecule has 5 heteroatoms. The average molecular weight is 407 g/mol. The van der Waals surface area contributed by atoms with Gasteiger partial charge in [-0.15, -0.1) is 0 Å². The molecule has 1 rings (SSSR count). The zero-order valence-electron chi connectivity index (χ0n) is 19.0. The fourth-order valence-electron chi connectivity index (χ4n) is 3.47. The molecule has 1 aliphatic rings. The Labute approximate surface area is 175 Å². The molecule has 29 heavy (non-hydrogen) atoms. The molecule has 0 aromatic heterocycles. The first-order valence-electron chi connectivity index (χ1n) is 10.3. The summed E-state index contributed by atoms with van der Waals surface area (Å²) in [4.78, 5) is 12.5. The Morgan fingerprint density at radius 3 is 2.34 bits per heavy atom. The smallest absolute Gasteiger partial charge is 0.204 e. The van der Waals surface area contributed by atoms with E-state index in [1.54, 1.807) is 13.8 Å². The van der Waals surface area contributed by atoms with Gasteiger partial charge in [-0.2, -0.15) is 0 Å². The molecule has 0 radical (unpaired) electrons. The Morgan fingerprint density at radius 2 is 1.79 bits per heavy atom. The maximum atomic E-state index is 12.5. The molecule has 0 unspecified atom stereocenters. The van der Waals surface area contributed by atoms with E-state index in [4.69, 9.17) is 9.47 Å². The van der Waals surface area contributed by atoms with Crippen LogP contribution in [0.3, 0.4) is 0 Å². The van der Waals surface area contributed by atoms with Crippen molar-refractivity contribution in [3.05, 3.63) is 47.0 Å². The minimum absolute atomic E-state index is 0.122. The molecule has 1 aliphatic carbocycles. The Kier molecular flexibility index (Phi) is 9.87. The van der Waals surface area contributed by atoms with Crippen molar-refractivity contribution in [2.75, 3.05) is 14.2 Å². The zero-order valence-corrected chi connectivity index (χ0v) is 19.0. The Morgan fingerprint density at radius 1 is 1.14 bits per heavy atom. The first-order valence-corrected chi connectivity index (χ1v) is 10.3. The third kappa shape index (κ3) is 7.82. The Hall–Kier alpha value is -1.85. The molecule has 5 nitrogen and oxygen atoms in total. The van der Waals surface area contributed by atoms with Crippen molar-refractivity contribution >= 4 is 5.78 Å². The van der Waals surface area contributed by atoms with Crippen LogP contribution in [0, 0.1) is 11.8 Å². The molecular formula is C24H38O5. The van der Waals surface area contributed by atoms with Crippen LogP contribution in [0.1, 0.15) is 60.3 Å². The van der Waals surface area contributed by atoms with E-state index in [1.165, 1.54) is 25.4 Å². The SMILES string of the molecule is COC1=C(OC)[C@H](O)[C@H](CC=C(C)CCC=C(C)CC=CC(C)(C)O)[C@@H](C)C1=O. The molecule has 3 atom stereocenters. The summed E-state index contributed by atoms with van der Waals surface area (Å²) in [5, 5.41) is 20.3. The summed E-state index contributed by atoms with van der Waals surface area (Å²) >= 11 is 0. The number of allylic oxidation sites excluding steroid dienone is 6. The number of hydrogen-bond acceptors (Lipinski definition) is 5. The average Bonchev–Trinajstić information content (AvgIpc) is 2.63. The molecule has 0 aromatic rings. The first kappa shape index (κ1) is 25.2. The number of methoxy groups -OCH3 is 2. The molecule has 2 N–H and O–H groups in total. The minimum Gasteiger partial charge on any atom is -0.494 e. The number of aliphatic hydroxyl groups excluding tert-OH is 1. The van der Waals surface area contributed by atoms with Gasteiger partial charge in [-0.1, -0.05) is 42.4 Å². The summed E-state index contributed by atoms with van der Waals surface area (Å²) in [7, 11) is 2.87. The third-order valence-corrected chi connectivity index (χ3v) is 5.34. The number of Topliss-reactive ketones (excluding diaryl/α,β-unsaturated/α-hetero) is 1. The highest BCUT2D eigenvalue weighted by atomic mass is 16.5. The minimum atomic E-state index is -0.851. The number of rotatable bonds is 10. The van der Waals surface area contributed by atoms with Crippen molar-refractivity contribution in [2.24, 2.45) is 11.8 Å². The van der Waals surface area contributed by atoms with Crippen LogP contribution in [-0.2, 0) is 14.3 Å². The van der Waals surface area contributed by atoms with Gasteiger partial charge < -0.3 is 19.7 Å². The van der Waals surface area contributed by atoms with Gasteiger partial charge in [0, 0.05) is 11.8 Å². The molecule has 0 fully saturated rings. The third-order valence-electron chi connectivity index (χ3n) is 5.34. The fourth-order valence-corrected chi connectivity index (χ4v) is 3.47. The van der Waals surface area contributed by atoms with Gasteiger partial charge in [0.05, 0.1) is 19.8 Å². The Bertz CT molecular complexity index is 676. The van der Waals surface area contributed by atoms with Crippen LogP contribution in [0.25, 0.3) is 0 Å². The predicted octanol–water partition coefficient (Wildman–Crippen LogP) is 4.47. The summed E-state index contributed by atoms with van der Waals surface area (Å²) < 4.78 is 10.4. The highest BCUT2D eigenvalue weighted by Gasteiger charge is 2.42. The van der Waals surface area contributed by atoms with Gasteiger partial charge in [-0.3, -0.25) is 4.79 Å². The topological polar surface area (TPSA) is 76.0 Å². The van der Waals surface area contributed by atoms with Crippen molar-refractivity contribution in [1.82, 2.24) is 0 Å². The maximum Gasteiger partial charge on any atom is 0.204 e. The lowest BCUT2D eigenvalue weighted by molar-refractivity contribution is -0.128. The molecular weight excluding hydrogens is 368 g/mol. The lowest BCUT2D eigenvalue weighted by Gasteiger charge is -2.33. The second-order valence-electron chi connectivity index (χ2n) is 8.50. The second-order valence-corrected chi connectivity index (χ2v) is 8.50. The lowest BCUT2D eigenvalue weighted by Crippen LogP contribution is -2.40. The van der Waals surface area contributed by atoms with Crippen molar-refractivity contribution in [3.8, 4) is 0 Å². The number of carbonyl (C=O) groups excluding carboxylic acids is 1. The van der Waals surface area contributed by atoms with E-state index in [9.17, 15) is 15.0 Å². The van der Waals surface area contributed by atoms with Crippen molar-refractivity contribution in [3.63, 3.8) is 0 Å². The van der Waals surface area contributed by atoms with Gasteiger partial charge in [0.25, 0.3) is 0 Å². The molecule has 0 amide bonds. The van der Waals surface area contributed by atoms with E-state index < -0.39 is 11.7 Å². The van der Waals surface area contributed by atoms with Gasteiger partial charge in [0.1, 0.15) is 6.10 Å². The van der Waals surface area contributed by atoms with Crippen molar-refractivity contribution < 1.29 is 24.5 Å². The van der Waals surface area contributed by atoms with Crippen LogP contribution in [0.2, 0.25) is 0 Å². The van der Waals surface area contributed by atoms with Crippen LogP contribution in [-0.4, -0.2) is 41.9 Å². The summed E-state index contributed by atoms with van der Waals surface area (Å²) in [5.41, 5.74) is 1.72. The van der Waals surface area contributed by atoms with E-state index in [0.29, 0.717) is 6.42 Å². The molecule has 0 aromatic carbocycles. The van der Waals surface area contributed by atoms with Crippen molar-refractivity contribution in [2.45, 2.75) is 72.0 Å². The van der Waals surface area contributed by atoms with Crippen LogP contribution >= 0.6 is 0 Å². The fraction of sp³-hybridized carbons (Fsp3) is 0.625. The molecule has 164 valence electrons. The van der Waals surface area contributed by atoms with Gasteiger partial charge in [0.15, 0.2) is 5.76 Å². The second kappa shape index (κ2) is 11.4. The monoisotopic (exact) mass is 406 g/mol. The van der Waals surface area contributed by atoms with E-state index in [-0.39, 0.29) is 29.1 Å². The van der Waals surface area contributed by atoms with Crippen LogP contribution < -0.4 is 0 Å². The summed E-state index contributed by atoms with van der Waals surface area (Å²) in [6.45, 7) is 9.52. The van der Waals surface area contributed by atoms with Crippen molar-refractivity contribution in [1.29, 1.82) is 0 Å². The van der Waals surface area contributed by atoms with Crippen LogP contribution in [0.15, 0.2) is 47.0 Å². The Balaban J connectivity index is 2.64. The van der Waals surface area contributed by atoms with E-state index in [0.717, 1.165) is 19.3 Å². The highest BCUT2D eigenvalue weighted by Crippen LogP contribution is 2.35. The van der Waals surface area contributed by atoms with E-state index >= 15 is 0 Å². The lowest BCUT2D eigenvalue weighted by atomic mass is 9.77. The number of ether oxygens (including phenoxy) is 2. The van der Waals surface area contributed by atoms with E-state index in [1.807, 2.05) is 19.1 Å². The molecule has 0 saturated carbocycles. The maximum absolute atomic E-state index is 12.5. The van der Waals surface area contributed by atoms with Gasteiger partial charge in [0.2, 0.25) is 11.5 Å². The number of aliphatic hydroxyl groups is 2. The quantitative estimate of drug-likeness (QED) is 0.524. The summed E-state index contributed by atoms with van der Waals surface area (Å²) in [6, 6.07) is 0. The molecule has 0 saturated heterocycles. The molecule has 0 heterocycles. The predicted molar refractivity (Wildman–Crippen MR) is 116 cm³/mol. The normalized spacial score (nSPS) is 24.4. The first-order chi connectivity index (χ1) is 13.5. The number of ketones is 1. The van der Waals surface area contributed by atoms with Gasteiger partial charge >= 0.3 is 0 Å². The molecule has 0 aliphatic heterocycles. The largest absolute Gasteiger partial charge is 0.494 e.